The van der Waals surface area contributed by atoms with Gasteiger partial charge in [-0.1, -0.05) is 12.8 Å². The number of amides is 1. The maximum atomic E-state index is 12.5. The summed E-state index contributed by atoms with van der Waals surface area (Å²) in [7, 11) is 1.77. The van der Waals surface area contributed by atoms with Crippen LogP contribution in [0.5, 0.6) is 0 Å². The molecule has 3 rings (SSSR count). The summed E-state index contributed by atoms with van der Waals surface area (Å²) in [5.74, 6) is 0.339. The lowest BCUT2D eigenvalue weighted by Crippen LogP contribution is -2.33. The van der Waals surface area contributed by atoms with E-state index < -0.39 is 0 Å². The Labute approximate surface area is 153 Å². The highest BCUT2D eigenvalue weighted by atomic mass is 32.1. The molecule has 1 amide bonds. The largest absolute Gasteiger partial charge is 0.462 e. The van der Waals surface area contributed by atoms with Crippen LogP contribution < -0.4 is 5.32 Å². The number of esters is 1. The molecule has 1 heterocycles. The summed E-state index contributed by atoms with van der Waals surface area (Å²) >= 11 is 1.53. The number of ether oxygens (including phenoxy) is 2. The van der Waals surface area contributed by atoms with E-state index in [2.05, 4.69) is 5.32 Å². The average molecular weight is 365 g/mol. The molecule has 0 aromatic carbocycles. The van der Waals surface area contributed by atoms with Crippen molar-refractivity contribution in [2.24, 2.45) is 11.3 Å². The topological polar surface area (TPSA) is 64.6 Å². The van der Waals surface area contributed by atoms with Crippen LogP contribution in [0, 0.1) is 11.3 Å². The molecule has 0 bridgehead atoms. The lowest BCUT2D eigenvalue weighted by Gasteiger charge is -2.37. The zero-order chi connectivity index (χ0) is 18.0. The SMILES string of the molecule is CCOC(=O)c1c(NC(C)=O)sc2c1CCC(COC)(CC1CC1)C2. The van der Waals surface area contributed by atoms with Crippen molar-refractivity contribution in [3.63, 3.8) is 0 Å². The molecule has 138 valence electrons. The van der Waals surface area contributed by atoms with Crippen molar-refractivity contribution in [3.05, 3.63) is 16.0 Å². The van der Waals surface area contributed by atoms with E-state index in [9.17, 15) is 9.59 Å². The zero-order valence-corrected chi connectivity index (χ0v) is 16.1. The molecule has 5 nitrogen and oxygen atoms in total. The van der Waals surface area contributed by atoms with Gasteiger partial charge in [-0.15, -0.1) is 11.3 Å². The van der Waals surface area contributed by atoms with Gasteiger partial charge < -0.3 is 14.8 Å². The van der Waals surface area contributed by atoms with Crippen LogP contribution in [0.2, 0.25) is 0 Å². The number of fused-ring (bicyclic) bond motifs is 1. The van der Waals surface area contributed by atoms with E-state index in [0.717, 1.165) is 37.4 Å². The van der Waals surface area contributed by atoms with Gasteiger partial charge in [0, 0.05) is 18.9 Å². The Balaban J connectivity index is 1.93. The van der Waals surface area contributed by atoms with Gasteiger partial charge in [-0.05, 0) is 49.5 Å². The van der Waals surface area contributed by atoms with Gasteiger partial charge in [-0.25, -0.2) is 4.79 Å². The van der Waals surface area contributed by atoms with Crippen LogP contribution in [0.3, 0.4) is 0 Å². The molecule has 6 heteroatoms. The smallest absolute Gasteiger partial charge is 0.341 e. The van der Waals surface area contributed by atoms with Crippen LogP contribution in [-0.4, -0.2) is 32.2 Å². The van der Waals surface area contributed by atoms with Gasteiger partial charge in [0.05, 0.1) is 18.8 Å². The van der Waals surface area contributed by atoms with E-state index in [1.54, 1.807) is 14.0 Å². The Morgan fingerprint density at radius 1 is 1.36 bits per heavy atom. The van der Waals surface area contributed by atoms with Gasteiger partial charge >= 0.3 is 5.97 Å². The molecule has 1 aromatic rings. The van der Waals surface area contributed by atoms with Crippen molar-refractivity contribution >= 4 is 28.2 Å². The second kappa shape index (κ2) is 7.46. The standard InChI is InChI=1S/C19H27NO4S/c1-4-24-18(22)16-14-7-8-19(11-23-3,9-13-5-6-13)10-15(14)25-17(16)20-12(2)21/h13H,4-11H2,1-3H3,(H,20,21). The number of carbonyl (C=O) groups excluding carboxylic acids is 2. The number of anilines is 1. The van der Waals surface area contributed by atoms with E-state index in [1.807, 2.05) is 0 Å². The number of thiophene rings is 1. The minimum Gasteiger partial charge on any atom is -0.462 e. The first-order valence-electron chi connectivity index (χ1n) is 9.06. The molecule has 0 spiro atoms. The highest BCUT2D eigenvalue weighted by Gasteiger charge is 2.42. The normalized spacial score (nSPS) is 22.4. The predicted molar refractivity (Wildman–Crippen MR) is 98.3 cm³/mol. The lowest BCUT2D eigenvalue weighted by atomic mass is 9.71. The van der Waals surface area contributed by atoms with Crippen molar-refractivity contribution < 1.29 is 19.1 Å². The first kappa shape index (κ1) is 18.4. The number of carbonyl (C=O) groups is 2. The molecule has 1 fully saturated rings. The molecule has 1 unspecified atom stereocenters. The first-order valence-corrected chi connectivity index (χ1v) is 9.88. The Morgan fingerprint density at radius 2 is 2.12 bits per heavy atom. The molecule has 1 saturated carbocycles. The third kappa shape index (κ3) is 4.06. The molecule has 0 aliphatic heterocycles. The lowest BCUT2D eigenvalue weighted by molar-refractivity contribution is -0.114. The number of nitrogens with one attached hydrogen (secondary N) is 1. The third-order valence-corrected chi connectivity index (χ3v) is 6.32. The Morgan fingerprint density at radius 3 is 2.72 bits per heavy atom. The molecule has 0 radical (unpaired) electrons. The fourth-order valence-electron chi connectivity index (χ4n) is 4.00. The molecule has 1 N–H and O–H groups in total. The quantitative estimate of drug-likeness (QED) is 0.747. The van der Waals surface area contributed by atoms with Gasteiger partial charge in [-0.2, -0.15) is 0 Å². The fourth-order valence-corrected chi connectivity index (χ4v) is 5.46. The van der Waals surface area contributed by atoms with Crippen molar-refractivity contribution in [3.8, 4) is 0 Å². The minimum absolute atomic E-state index is 0.160. The van der Waals surface area contributed by atoms with Crippen molar-refractivity contribution in [1.29, 1.82) is 0 Å². The summed E-state index contributed by atoms with van der Waals surface area (Å²) in [5.41, 5.74) is 1.79. The van der Waals surface area contributed by atoms with Gasteiger partial charge in [0.25, 0.3) is 0 Å². The summed E-state index contributed by atoms with van der Waals surface area (Å²) in [4.78, 5) is 25.2. The number of methoxy groups -OCH3 is 1. The molecular formula is C19H27NO4S. The second-order valence-corrected chi connectivity index (χ2v) is 8.47. The fraction of sp³-hybridized carbons (Fsp3) is 0.684. The van der Waals surface area contributed by atoms with Crippen LogP contribution in [0.15, 0.2) is 0 Å². The van der Waals surface area contributed by atoms with E-state index in [-0.39, 0.29) is 17.3 Å². The number of rotatable bonds is 7. The number of hydrogen-bond acceptors (Lipinski definition) is 5. The summed E-state index contributed by atoms with van der Waals surface area (Å²) < 4.78 is 10.8. The van der Waals surface area contributed by atoms with Crippen LogP contribution in [0.1, 0.15) is 60.3 Å². The average Bonchev–Trinajstić information content (AvgIpc) is 3.26. The summed E-state index contributed by atoms with van der Waals surface area (Å²) in [6.45, 7) is 4.35. The van der Waals surface area contributed by atoms with Crippen molar-refractivity contribution in [2.45, 2.75) is 52.4 Å². The Kier molecular flexibility index (Phi) is 5.49. The van der Waals surface area contributed by atoms with Crippen molar-refractivity contribution in [1.82, 2.24) is 0 Å². The van der Waals surface area contributed by atoms with Gasteiger partial charge in [0.2, 0.25) is 5.91 Å². The molecule has 1 atom stereocenters. The molecular weight excluding hydrogens is 338 g/mol. The van der Waals surface area contributed by atoms with E-state index in [1.165, 1.54) is 42.4 Å². The monoisotopic (exact) mass is 365 g/mol. The van der Waals surface area contributed by atoms with Gasteiger partial charge in [-0.3, -0.25) is 4.79 Å². The molecule has 2 aliphatic rings. The first-order chi connectivity index (χ1) is 12.0. The van der Waals surface area contributed by atoms with E-state index >= 15 is 0 Å². The zero-order valence-electron chi connectivity index (χ0n) is 15.3. The predicted octanol–water partition coefficient (Wildman–Crippen LogP) is 3.80. The summed E-state index contributed by atoms with van der Waals surface area (Å²) in [6, 6.07) is 0. The summed E-state index contributed by atoms with van der Waals surface area (Å²) in [6.07, 6.45) is 6.64. The highest BCUT2D eigenvalue weighted by Crippen LogP contribution is 2.50. The van der Waals surface area contributed by atoms with Crippen molar-refractivity contribution in [2.75, 3.05) is 25.6 Å². The van der Waals surface area contributed by atoms with E-state index in [0.29, 0.717) is 17.2 Å². The molecule has 1 aromatic heterocycles. The Hall–Kier alpha value is -1.40. The molecule has 0 saturated heterocycles. The third-order valence-electron chi connectivity index (χ3n) is 5.17. The maximum Gasteiger partial charge on any atom is 0.341 e. The van der Waals surface area contributed by atoms with Gasteiger partial charge in [0.15, 0.2) is 0 Å². The van der Waals surface area contributed by atoms with E-state index in [4.69, 9.17) is 9.47 Å². The minimum atomic E-state index is -0.329. The Bertz CT molecular complexity index is 665. The van der Waals surface area contributed by atoms with Crippen LogP contribution in [0.25, 0.3) is 0 Å². The van der Waals surface area contributed by atoms with Crippen LogP contribution in [0.4, 0.5) is 5.00 Å². The number of hydrogen-bond donors (Lipinski definition) is 1. The van der Waals surface area contributed by atoms with Crippen LogP contribution >= 0.6 is 11.3 Å². The maximum absolute atomic E-state index is 12.5. The molecule has 25 heavy (non-hydrogen) atoms. The van der Waals surface area contributed by atoms with Crippen LogP contribution in [-0.2, 0) is 27.1 Å². The second-order valence-electron chi connectivity index (χ2n) is 7.37. The highest BCUT2D eigenvalue weighted by molar-refractivity contribution is 7.17. The molecule has 2 aliphatic carbocycles. The summed E-state index contributed by atoms with van der Waals surface area (Å²) in [5, 5.41) is 3.46. The van der Waals surface area contributed by atoms with Gasteiger partial charge in [0.1, 0.15) is 5.00 Å².